The predicted octanol–water partition coefficient (Wildman–Crippen LogP) is 1.63. The van der Waals surface area contributed by atoms with Gasteiger partial charge in [-0.3, -0.25) is 0 Å². The van der Waals surface area contributed by atoms with Crippen molar-refractivity contribution in [2.75, 3.05) is 6.61 Å². The van der Waals surface area contributed by atoms with Gasteiger partial charge in [-0.1, -0.05) is 0 Å². The second-order valence-electron chi connectivity index (χ2n) is 5.66. The SMILES string of the molecule is CC(C)(C)C(=O)ONC1CCC(CO)CC1. The maximum absolute atomic E-state index is 11.5. The molecule has 0 aromatic rings. The average Bonchev–Trinajstić information content (AvgIpc) is 2.25. The first-order valence-corrected chi connectivity index (χ1v) is 6.01. The Morgan fingerprint density at radius 2 is 1.88 bits per heavy atom. The van der Waals surface area contributed by atoms with Gasteiger partial charge in [0.2, 0.25) is 0 Å². The van der Waals surface area contributed by atoms with E-state index < -0.39 is 5.41 Å². The Balaban J connectivity index is 2.22. The Kier molecular flexibility index (Phi) is 4.74. The van der Waals surface area contributed by atoms with Crippen LogP contribution < -0.4 is 5.48 Å². The molecule has 0 radical (unpaired) electrons. The van der Waals surface area contributed by atoms with Crippen molar-refractivity contribution < 1.29 is 14.7 Å². The molecule has 0 amide bonds. The van der Waals surface area contributed by atoms with Crippen LogP contribution in [0.4, 0.5) is 0 Å². The van der Waals surface area contributed by atoms with Crippen LogP contribution in [0.2, 0.25) is 0 Å². The van der Waals surface area contributed by atoms with E-state index >= 15 is 0 Å². The monoisotopic (exact) mass is 229 g/mol. The zero-order chi connectivity index (χ0) is 12.2. The molecule has 1 saturated carbocycles. The number of hydroxylamine groups is 1. The molecule has 4 heteroatoms. The van der Waals surface area contributed by atoms with Gasteiger partial charge in [0.05, 0.1) is 5.41 Å². The van der Waals surface area contributed by atoms with E-state index in [1.54, 1.807) is 0 Å². The van der Waals surface area contributed by atoms with E-state index in [0.29, 0.717) is 5.92 Å². The van der Waals surface area contributed by atoms with E-state index in [9.17, 15) is 4.79 Å². The summed E-state index contributed by atoms with van der Waals surface area (Å²) in [5.74, 6) is 0.202. The zero-order valence-corrected chi connectivity index (χ0v) is 10.5. The Bertz CT molecular complexity index is 227. The topological polar surface area (TPSA) is 58.6 Å². The van der Waals surface area contributed by atoms with Crippen LogP contribution in [0.15, 0.2) is 0 Å². The van der Waals surface area contributed by atoms with Crippen molar-refractivity contribution in [3.8, 4) is 0 Å². The highest BCUT2D eigenvalue weighted by Crippen LogP contribution is 2.24. The lowest BCUT2D eigenvalue weighted by atomic mass is 9.87. The van der Waals surface area contributed by atoms with Crippen LogP contribution in [0.5, 0.6) is 0 Å². The fraction of sp³-hybridized carbons (Fsp3) is 0.917. The van der Waals surface area contributed by atoms with Gasteiger partial charge in [0.1, 0.15) is 0 Å². The number of rotatable bonds is 3. The third kappa shape index (κ3) is 4.10. The molecular weight excluding hydrogens is 206 g/mol. The van der Waals surface area contributed by atoms with Gasteiger partial charge in [-0.15, -0.1) is 0 Å². The summed E-state index contributed by atoms with van der Waals surface area (Å²) >= 11 is 0. The molecule has 0 aromatic heterocycles. The molecule has 0 atom stereocenters. The van der Waals surface area contributed by atoms with E-state index in [4.69, 9.17) is 9.94 Å². The maximum atomic E-state index is 11.5. The normalized spacial score (nSPS) is 26.5. The van der Waals surface area contributed by atoms with Crippen LogP contribution >= 0.6 is 0 Å². The summed E-state index contributed by atoms with van der Waals surface area (Å²) < 4.78 is 0. The number of carbonyl (C=O) groups is 1. The van der Waals surface area contributed by atoms with E-state index in [2.05, 4.69) is 5.48 Å². The van der Waals surface area contributed by atoms with Gasteiger partial charge in [-0.2, -0.15) is 5.48 Å². The molecule has 0 aromatic carbocycles. The van der Waals surface area contributed by atoms with Crippen molar-refractivity contribution in [3.05, 3.63) is 0 Å². The Morgan fingerprint density at radius 3 is 2.31 bits per heavy atom. The van der Waals surface area contributed by atoms with Crippen LogP contribution in [0.3, 0.4) is 0 Å². The van der Waals surface area contributed by atoms with Crippen LogP contribution in [-0.2, 0) is 9.63 Å². The molecular formula is C12H23NO3. The van der Waals surface area contributed by atoms with Crippen molar-refractivity contribution in [2.24, 2.45) is 11.3 Å². The van der Waals surface area contributed by atoms with E-state index in [0.717, 1.165) is 25.7 Å². The van der Waals surface area contributed by atoms with Gasteiger partial charge >= 0.3 is 5.97 Å². The maximum Gasteiger partial charge on any atom is 0.329 e. The number of hydrogen-bond acceptors (Lipinski definition) is 4. The number of carbonyl (C=O) groups excluding carboxylic acids is 1. The zero-order valence-electron chi connectivity index (χ0n) is 10.5. The molecule has 0 spiro atoms. The Labute approximate surface area is 97.3 Å². The summed E-state index contributed by atoms with van der Waals surface area (Å²) in [7, 11) is 0. The van der Waals surface area contributed by atoms with E-state index in [1.807, 2.05) is 20.8 Å². The summed E-state index contributed by atoms with van der Waals surface area (Å²) in [6.07, 6.45) is 3.92. The number of aliphatic hydroxyl groups excluding tert-OH is 1. The second kappa shape index (κ2) is 5.64. The molecule has 16 heavy (non-hydrogen) atoms. The highest BCUT2D eigenvalue weighted by Gasteiger charge is 2.26. The minimum atomic E-state index is -0.463. The number of aliphatic hydroxyl groups is 1. The molecule has 2 N–H and O–H groups in total. The summed E-state index contributed by atoms with van der Waals surface area (Å²) in [4.78, 5) is 16.6. The lowest BCUT2D eigenvalue weighted by Crippen LogP contribution is -2.38. The lowest BCUT2D eigenvalue weighted by Gasteiger charge is -2.28. The summed E-state index contributed by atoms with van der Waals surface area (Å²) in [6.45, 7) is 5.77. The second-order valence-corrected chi connectivity index (χ2v) is 5.66. The van der Waals surface area contributed by atoms with E-state index in [1.165, 1.54) is 0 Å². The molecule has 0 bridgehead atoms. The fourth-order valence-electron chi connectivity index (χ4n) is 1.75. The molecule has 0 heterocycles. The minimum absolute atomic E-state index is 0.225. The number of hydrogen-bond donors (Lipinski definition) is 2. The average molecular weight is 229 g/mol. The largest absolute Gasteiger partial charge is 0.396 e. The molecule has 94 valence electrons. The predicted molar refractivity (Wildman–Crippen MR) is 61.5 cm³/mol. The summed E-state index contributed by atoms with van der Waals surface area (Å²) in [6, 6.07) is 0.245. The minimum Gasteiger partial charge on any atom is -0.396 e. The van der Waals surface area contributed by atoms with Crippen LogP contribution in [0.25, 0.3) is 0 Å². The Hall–Kier alpha value is -0.610. The fourth-order valence-corrected chi connectivity index (χ4v) is 1.75. The molecule has 0 unspecified atom stereocenters. The number of nitrogens with one attached hydrogen (secondary N) is 1. The van der Waals surface area contributed by atoms with Gasteiger partial charge in [0.15, 0.2) is 0 Å². The third-order valence-electron chi connectivity index (χ3n) is 3.04. The highest BCUT2D eigenvalue weighted by molar-refractivity contribution is 5.75. The van der Waals surface area contributed by atoms with E-state index in [-0.39, 0.29) is 18.6 Å². The quantitative estimate of drug-likeness (QED) is 0.722. The first-order valence-electron chi connectivity index (χ1n) is 6.01. The first-order chi connectivity index (χ1) is 7.43. The van der Waals surface area contributed by atoms with Crippen LogP contribution in [-0.4, -0.2) is 23.7 Å². The first kappa shape index (κ1) is 13.5. The van der Waals surface area contributed by atoms with Gasteiger partial charge in [-0.05, 0) is 52.4 Å². The summed E-state index contributed by atoms with van der Waals surface area (Å²) in [5, 5.41) is 9.00. The van der Waals surface area contributed by atoms with Crippen molar-refractivity contribution in [2.45, 2.75) is 52.5 Å². The smallest absolute Gasteiger partial charge is 0.329 e. The molecule has 0 saturated heterocycles. The van der Waals surface area contributed by atoms with Crippen molar-refractivity contribution in [1.82, 2.24) is 5.48 Å². The van der Waals surface area contributed by atoms with Gasteiger partial charge in [0.25, 0.3) is 0 Å². The van der Waals surface area contributed by atoms with Crippen molar-refractivity contribution >= 4 is 5.97 Å². The molecule has 1 aliphatic carbocycles. The lowest BCUT2D eigenvalue weighted by molar-refractivity contribution is -0.163. The van der Waals surface area contributed by atoms with Gasteiger partial charge < -0.3 is 9.94 Å². The van der Waals surface area contributed by atoms with Crippen molar-refractivity contribution in [1.29, 1.82) is 0 Å². The standard InChI is InChI=1S/C12H23NO3/c1-12(2,3)11(15)16-13-10-6-4-9(8-14)5-7-10/h9-10,13-14H,4-8H2,1-3H3. The molecule has 4 nitrogen and oxygen atoms in total. The molecule has 1 aliphatic rings. The molecule has 1 rings (SSSR count). The molecule has 1 fully saturated rings. The third-order valence-corrected chi connectivity index (χ3v) is 3.04. The summed E-state index contributed by atoms with van der Waals surface area (Å²) in [5.41, 5.74) is 2.38. The van der Waals surface area contributed by atoms with Crippen LogP contribution in [0, 0.1) is 11.3 Å². The van der Waals surface area contributed by atoms with Gasteiger partial charge in [-0.25, -0.2) is 4.79 Å². The van der Waals surface area contributed by atoms with Crippen LogP contribution in [0.1, 0.15) is 46.5 Å². The Morgan fingerprint density at radius 1 is 1.31 bits per heavy atom. The van der Waals surface area contributed by atoms with Crippen molar-refractivity contribution in [3.63, 3.8) is 0 Å². The highest BCUT2D eigenvalue weighted by atomic mass is 16.7. The molecule has 0 aliphatic heterocycles. The van der Waals surface area contributed by atoms with Gasteiger partial charge in [0, 0.05) is 12.6 Å².